The molecule has 0 N–H and O–H groups in total. The summed E-state index contributed by atoms with van der Waals surface area (Å²) in [6, 6.07) is 6.38. The Labute approximate surface area is 162 Å². The van der Waals surface area contributed by atoms with Crippen molar-refractivity contribution < 1.29 is 8.42 Å². The van der Waals surface area contributed by atoms with E-state index in [1.807, 2.05) is 12.1 Å². The Bertz CT molecular complexity index is 1140. The molecular formula is C18H20N6O3S. The fraction of sp³-hybridized carbons (Fsp3) is 0.333. The molecule has 3 aromatic heterocycles. The quantitative estimate of drug-likeness (QED) is 0.630. The highest BCUT2D eigenvalue weighted by atomic mass is 32.2. The average Bonchev–Trinajstić information content (AvgIpc) is 3.34. The molecule has 1 aliphatic heterocycles. The lowest BCUT2D eigenvalue weighted by Crippen LogP contribution is -2.41. The summed E-state index contributed by atoms with van der Waals surface area (Å²) < 4.78 is 30.3. The fourth-order valence-electron chi connectivity index (χ4n) is 3.47. The Hall–Kier alpha value is -2.85. The van der Waals surface area contributed by atoms with E-state index in [1.54, 1.807) is 31.7 Å². The summed E-state index contributed by atoms with van der Waals surface area (Å²) in [7, 11) is -2.09. The van der Waals surface area contributed by atoms with E-state index in [0.717, 1.165) is 12.0 Å². The van der Waals surface area contributed by atoms with Crippen molar-refractivity contribution >= 4 is 10.0 Å². The van der Waals surface area contributed by atoms with Gasteiger partial charge in [-0.1, -0.05) is 0 Å². The van der Waals surface area contributed by atoms with E-state index >= 15 is 0 Å². The van der Waals surface area contributed by atoms with E-state index < -0.39 is 10.0 Å². The number of hydrogen-bond donors (Lipinski definition) is 0. The Morgan fingerprint density at radius 3 is 2.64 bits per heavy atom. The lowest BCUT2D eigenvalue weighted by atomic mass is 10.2. The van der Waals surface area contributed by atoms with Crippen LogP contribution < -0.4 is 5.56 Å². The van der Waals surface area contributed by atoms with Crippen molar-refractivity contribution in [1.29, 1.82) is 0 Å². The summed E-state index contributed by atoms with van der Waals surface area (Å²) in [4.78, 5) is 20.3. The SMILES string of the molecule is Cn1ccnc1S(=O)(=O)N1CCCC1Cn1nc(-c2ccncc2)ccc1=O. The third-order valence-electron chi connectivity index (χ3n) is 4.87. The molecule has 3 aromatic rings. The normalized spacial score (nSPS) is 17.8. The van der Waals surface area contributed by atoms with Gasteiger partial charge in [-0.15, -0.1) is 0 Å². The Morgan fingerprint density at radius 2 is 1.93 bits per heavy atom. The minimum Gasteiger partial charge on any atom is -0.324 e. The van der Waals surface area contributed by atoms with Gasteiger partial charge in [-0.3, -0.25) is 9.78 Å². The molecule has 1 atom stereocenters. The van der Waals surface area contributed by atoms with Gasteiger partial charge in [0.15, 0.2) is 0 Å². The van der Waals surface area contributed by atoms with Gasteiger partial charge in [0.1, 0.15) is 0 Å². The van der Waals surface area contributed by atoms with Crippen molar-refractivity contribution in [3.8, 4) is 11.3 Å². The molecule has 4 heterocycles. The van der Waals surface area contributed by atoms with Crippen LogP contribution in [0.2, 0.25) is 0 Å². The predicted octanol–water partition coefficient (Wildman–Crippen LogP) is 0.892. The third kappa shape index (κ3) is 3.36. The molecule has 28 heavy (non-hydrogen) atoms. The molecule has 0 saturated carbocycles. The lowest BCUT2D eigenvalue weighted by molar-refractivity contribution is 0.332. The minimum absolute atomic E-state index is 0.00485. The molecule has 0 bridgehead atoms. The highest BCUT2D eigenvalue weighted by Gasteiger charge is 2.37. The first-order valence-corrected chi connectivity index (χ1v) is 10.4. The summed E-state index contributed by atoms with van der Waals surface area (Å²) >= 11 is 0. The minimum atomic E-state index is -3.74. The maximum atomic E-state index is 13.0. The summed E-state index contributed by atoms with van der Waals surface area (Å²) in [5.41, 5.74) is 1.21. The zero-order chi connectivity index (χ0) is 19.7. The summed E-state index contributed by atoms with van der Waals surface area (Å²) in [5.74, 6) is 0. The predicted molar refractivity (Wildman–Crippen MR) is 102 cm³/mol. The van der Waals surface area contributed by atoms with Gasteiger partial charge >= 0.3 is 0 Å². The van der Waals surface area contributed by atoms with Crippen LogP contribution in [0.25, 0.3) is 11.3 Å². The van der Waals surface area contributed by atoms with E-state index in [1.165, 1.54) is 25.8 Å². The number of sulfonamides is 1. The number of imidazole rings is 1. The Kier molecular flexibility index (Phi) is 4.82. The summed E-state index contributed by atoms with van der Waals surface area (Å²) in [5, 5.41) is 4.44. The largest absolute Gasteiger partial charge is 0.324 e. The van der Waals surface area contributed by atoms with Crippen LogP contribution in [-0.2, 0) is 23.6 Å². The van der Waals surface area contributed by atoms with Crippen molar-refractivity contribution in [2.24, 2.45) is 7.05 Å². The maximum Gasteiger partial charge on any atom is 0.277 e. The monoisotopic (exact) mass is 400 g/mol. The molecule has 1 unspecified atom stereocenters. The highest BCUT2D eigenvalue weighted by Crippen LogP contribution is 2.26. The van der Waals surface area contributed by atoms with Crippen molar-refractivity contribution in [1.82, 2.24) is 28.6 Å². The lowest BCUT2D eigenvalue weighted by Gasteiger charge is -2.23. The van der Waals surface area contributed by atoms with Crippen molar-refractivity contribution in [3.63, 3.8) is 0 Å². The van der Waals surface area contributed by atoms with Crippen molar-refractivity contribution in [2.75, 3.05) is 6.54 Å². The molecule has 9 nitrogen and oxygen atoms in total. The molecule has 10 heteroatoms. The van der Waals surface area contributed by atoms with Crippen LogP contribution in [-0.4, -0.2) is 49.6 Å². The van der Waals surface area contributed by atoms with Gasteiger partial charge < -0.3 is 4.57 Å². The Balaban J connectivity index is 1.64. The van der Waals surface area contributed by atoms with E-state index in [9.17, 15) is 13.2 Å². The maximum absolute atomic E-state index is 13.0. The van der Waals surface area contributed by atoms with Gasteiger partial charge in [0.2, 0.25) is 5.16 Å². The highest BCUT2D eigenvalue weighted by molar-refractivity contribution is 7.89. The molecule has 0 aromatic carbocycles. The first-order valence-electron chi connectivity index (χ1n) is 8.94. The van der Waals surface area contributed by atoms with E-state index in [-0.39, 0.29) is 23.3 Å². The molecule has 0 radical (unpaired) electrons. The van der Waals surface area contributed by atoms with Crippen LogP contribution >= 0.6 is 0 Å². The van der Waals surface area contributed by atoms with Crippen molar-refractivity contribution in [2.45, 2.75) is 30.6 Å². The number of aryl methyl sites for hydroxylation is 1. The molecule has 1 saturated heterocycles. The first-order chi connectivity index (χ1) is 13.5. The van der Waals surface area contributed by atoms with Gasteiger partial charge in [0.25, 0.3) is 15.6 Å². The molecule has 1 fully saturated rings. The molecular weight excluding hydrogens is 380 g/mol. The fourth-order valence-corrected chi connectivity index (χ4v) is 5.23. The summed E-state index contributed by atoms with van der Waals surface area (Å²) in [6.07, 6.45) is 7.77. The topological polar surface area (TPSA) is 103 Å². The van der Waals surface area contributed by atoms with Crippen LogP contribution in [0.3, 0.4) is 0 Å². The van der Waals surface area contributed by atoms with Crippen LogP contribution in [0, 0.1) is 0 Å². The smallest absolute Gasteiger partial charge is 0.277 e. The van der Waals surface area contributed by atoms with E-state index in [2.05, 4.69) is 15.1 Å². The molecule has 1 aliphatic rings. The molecule has 0 aliphatic carbocycles. The van der Waals surface area contributed by atoms with Crippen LogP contribution in [0.5, 0.6) is 0 Å². The zero-order valence-corrected chi connectivity index (χ0v) is 16.2. The Morgan fingerprint density at radius 1 is 1.14 bits per heavy atom. The van der Waals surface area contributed by atoms with Crippen LogP contribution in [0.15, 0.2) is 59.0 Å². The first kappa shape index (κ1) is 18.5. The number of pyridine rings is 1. The second kappa shape index (κ2) is 7.28. The van der Waals surface area contributed by atoms with Gasteiger partial charge in [0, 0.05) is 56.1 Å². The molecule has 0 spiro atoms. The summed E-state index contributed by atoms with van der Waals surface area (Å²) in [6.45, 7) is 0.597. The van der Waals surface area contributed by atoms with Crippen LogP contribution in [0.1, 0.15) is 12.8 Å². The van der Waals surface area contributed by atoms with E-state index in [0.29, 0.717) is 18.7 Å². The van der Waals surface area contributed by atoms with Crippen LogP contribution in [0.4, 0.5) is 0 Å². The van der Waals surface area contributed by atoms with Gasteiger partial charge in [0.05, 0.1) is 12.2 Å². The zero-order valence-electron chi connectivity index (χ0n) is 15.3. The molecule has 0 amide bonds. The standard InChI is InChI=1S/C18H20N6O3S/c1-22-12-10-20-18(22)28(26,27)24-11-2-3-15(24)13-23-17(25)5-4-16(21-23)14-6-8-19-9-7-14/h4-10,12,15H,2-3,11,13H2,1H3. The van der Waals surface area contributed by atoms with Gasteiger partial charge in [-0.05, 0) is 31.0 Å². The number of aromatic nitrogens is 5. The average molecular weight is 400 g/mol. The number of rotatable bonds is 5. The van der Waals surface area contributed by atoms with Gasteiger partial charge in [-0.2, -0.15) is 9.40 Å². The third-order valence-corrected chi connectivity index (χ3v) is 6.82. The van der Waals surface area contributed by atoms with Crippen molar-refractivity contribution in [3.05, 3.63) is 59.4 Å². The number of nitrogens with zero attached hydrogens (tertiary/aromatic N) is 6. The second-order valence-corrected chi connectivity index (χ2v) is 8.49. The molecule has 146 valence electrons. The second-order valence-electron chi connectivity index (χ2n) is 6.71. The number of hydrogen-bond acceptors (Lipinski definition) is 6. The molecule has 4 rings (SSSR count). The van der Waals surface area contributed by atoms with E-state index in [4.69, 9.17) is 0 Å². The van der Waals surface area contributed by atoms with Gasteiger partial charge in [-0.25, -0.2) is 18.1 Å².